The van der Waals surface area contributed by atoms with Gasteiger partial charge in [0.2, 0.25) is 5.91 Å². The van der Waals surface area contributed by atoms with Gasteiger partial charge in [0.1, 0.15) is 6.61 Å². The molecule has 5 nitrogen and oxygen atoms in total. The Kier molecular flexibility index (Phi) is 4.89. The first-order valence-electron chi connectivity index (χ1n) is 5.36. The van der Waals surface area contributed by atoms with Gasteiger partial charge in [0.25, 0.3) is 0 Å². The number of hydrogen-bond donors (Lipinski definition) is 2. The van der Waals surface area contributed by atoms with Crippen molar-refractivity contribution in [3.8, 4) is 0 Å². The molecular formula is C10H20N2O3S. The highest BCUT2D eigenvalue weighted by molar-refractivity contribution is 7.84. The molecule has 1 aliphatic heterocycles. The molecule has 2 atom stereocenters. The number of nitrogens with one attached hydrogen (secondary N) is 2. The van der Waals surface area contributed by atoms with E-state index in [4.69, 9.17) is 4.74 Å². The molecule has 0 aromatic rings. The van der Waals surface area contributed by atoms with Crippen LogP contribution in [0.1, 0.15) is 13.8 Å². The zero-order chi connectivity index (χ0) is 12.2. The van der Waals surface area contributed by atoms with E-state index >= 15 is 0 Å². The third kappa shape index (κ3) is 4.19. The Labute approximate surface area is 98.8 Å². The summed E-state index contributed by atoms with van der Waals surface area (Å²) >= 11 is 0. The molecule has 1 aliphatic rings. The molecule has 0 spiro atoms. The monoisotopic (exact) mass is 248 g/mol. The zero-order valence-electron chi connectivity index (χ0n) is 10.0. The van der Waals surface area contributed by atoms with Crippen LogP contribution in [0.3, 0.4) is 0 Å². The number of amides is 1. The molecule has 0 aromatic heterocycles. The molecule has 6 heteroatoms. The summed E-state index contributed by atoms with van der Waals surface area (Å²) in [5.41, 5.74) is -0.198. The molecule has 2 unspecified atom stereocenters. The van der Waals surface area contributed by atoms with Crippen LogP contribution in [-0.4, -0.2) is 53.5 Å². The van der Waals surface area contributed by atoms with Crippen LogP contribution in [0.25, 0.3) is 0 Å². The smallest absolute Gasteiger partial charge is 0.246 e. The van der Waals surface area contributed by atoms with Crippen LogP contribution >= 0.6 is 0 Å². The molecule has 0 bridgehead atoms. The van der Waals surface area contributed by atoms with Crippen LogP contribution in [0, 0.1) is 0 Å². The lowest BCUT2D eigenvalue weighted by atomic mass is 10.0. The summed E-state index contributed by atoms with van der Waals surface area (Å²) in [5.74, 6) is -0.148. The van der Waals surface area contributed by atoms with E-state index in [0.29, 0.717) is 6.54 Å². The third-order valence-electron chi connectivity index (χ3n) is 2.70. The van der Waals surface area contributed by atoms with Crippen molar-refractivity contribution in [2.45, 2.75) is 24.7 Å². The van der Waals surface area contributed by atoms with Crippen LogP contribution < -0.4 is 10.6 Å². The van der Waals surface area contributed by atoms with Crippen molar-refractivity contribution in [1.29, 1.82) is 0 Å². The van der Waals surface area contributed by atoms with Gasteiger partial charge in [0.15, 0.2) is 0 Å². The van der Waals surface area contributed by atoms with E-state index in [9.17, 15) is 9.00 Å². The maximum Gasteiger partial charge on any atom is 0.246 e. The number of rotatable bonds is 6. The second kappa shape index (κ2) is 5.75. The molecule has 0 saturated carbocycles. The lowest BCUT2D eigenvalue weighted by Crippen LogP contribution is -2.59. The summed E-state index contributed by atoms with van der Waals surface area (Å²) in [5, 5.41) is 5.78. The van der Waals surface area contributed by atoms with Crippen molar-refractivity contribution < 1.29 is 13.7 Å². The Bertz CT molecular complexity index is 279. The van der Waals surface area contributed by atoms with Crippen LogP contribution in [0.15, 0.2) is 0 Å². The number of hydrogen-bond acceptors (Lipinski definition) is 4. The van der Waals surface area contributed by atoms with Gasteiger partial charge in [0.05, 0.1) is 5.60 Å². The lowest BCUT2D eigenvalue weighted by Gasteiger charge is -2.38. The standard InChI is InChI=1S/C10H20N2O3S/c1-8(16(3)14)4-12-9(13)5-15-10(2)6-11-7-10/h8,11H,4-7H2,1-3H3,(H,12,13). The van der Waals surface area contributed by atoms with E-state index in [2.05, 4.69) is 10.6 Å². The van der Waals surface area contributed by atoms with Gasteiger partial charge in [-0.15, -0.1) is 0 Å². The van der Waals surface area contributed by atoms with Gasteiger partial charge in [-0.3, -0.25) is 9.00 Å². The number of carbonyl (C=O) groups excluding carboxylic acids is 1. The molecule has 1 saturated heterocycles. The summed E-state index contributed by atoms with van der Waals surface area (Å²) in [4.78, 5) is 11.4. The molecule has 1 amide bonds. The summed E-state index contributed by atoms with van der Waals surface area (Å²) < 4.78 is 16.5. The van der Waals surface area contributed by atoms with Gasteiger partial charge in [0, 0.05) is 41.9 Å². The van der Waals surface area contributed by atoms with Gasteiger partial charge in [-0.2, -0.15) is 0 Å². The van der Waals surface area contributed by atoms with Crippen molar-refractivity contribution in [2.24, 2.45) is 0 Å². The highest BCUT2D eigenvalue weighted by Crippen LogP contribution is 2.14. The highest BCUT2D eigenvalue weighted by Gasteiger charge is 2.32. The minimum Gasteiger partial charge on any atom is -0.363 e. The summed E-state index contributed by atoms with van der Waals surface area (Å²) in [6, 6.07) is 0. The first-order chi connectivity index (χ1) is 7.43. The van der Waals surface area contributed by atoms with Crippen molar-refractivity contribution in [2.75, 3.05) is 32.5 Å². The van der Waals surface area contributed by atoms with E-state index in [1.54, 1.807) is 6.26 Å². The summed E-state index contributed by atoms with van der Waals surface area (Å²) in [6.07, 6.45) is 1.63. The van der Waals surface area contributed by atoms with Gasteiger partial charge in [-0.05, 0) is 13.8 Å². The molecule has 94 valence electrons. The van der Waals surface area contributed by atoms with Crippen LogP contribution in [0.4, 0.5) is 0 Å². The first kappa shape index (κ1) is 13.6. The van der Waals surface area contributed by atoms with Crippen molar-refractivity contribution in [3.63, 3.8) is 0 Å². The molecule has 2 N–H and O–H groups in total. The topological polar surface area (TPSA) is 67.4 Å². The normalized spacial score (nSPS) is 21.9. The van der Waals surface area contributed by atoms with Crippen LogP contribution in [0.5, 0.6) is 0 Å². The maximum atomic E-state index is 11.4. The molecule has 0 aliphatic carbocycles. The average molecular weight is 248 g/mol. The largest absolute Gasteiger partial charge is 0.363 e. The lowest BCUT2D eigenvalue weighted by molar-refractivity contribution is -0.135. The molecule has 1 rings (SSSR count). The van der Waals surface area contributed by atoms with E-state index in [1.165, 1.54) is 0 Å². The molecule has 1 heterocycles. The quantitative estimate of drug-likeness (QED) is 0.649. The second-order valence-corrected chi connectivity index (χ2v) is 6.26. The fourth-order valence-electron chi connectivity index (χ4n) is 1.24. The molecular weight excluding hydrogens is 228 g/mol. The highest BCUT2D eigenvalue weighted by atomic mass is 32.2. The van der Waals surface area contributed by atoms with E-state index < -0.39 is 10.8 Å². The molecule has 0 radical (unpaired) electrons. The summed E-state index contributed by atoms with van der Waals surface area (Å²) in [6.45, 7) is 5.89. The SMILES string of the molecule is CC(CNC(=O)COC1(C)CNC1)S(C)=O. The molecule has 16 heavy (non-hydrogen) atoms. The minimum absolute atomic E-state index is 0.0232. The molecule has 0 aromatic carbocycles. The van der Waals surface area contributed by atoms with Gasteiger partial charge in [-0.25, -0.2) is 0 Å². The third-order valence-corrected chi connectivity index (χ3v) is 4.00. The molecule has 1 fully saturated rings. The van der Waals surface area contributed by atoms with E-state index in [1.807, 2.05) is 13.8 Å². The minimum atomic E-state index is -0.904. The zero-order valence-corrected chi connectivity index (χ0v) is 10.9. The Balaban J connectivity index is 2.13. The fourth-order valence-corrected chi connectivity index (χ4v) is 1.56. The Morgan fingerprint density at radius 3 is 2.69 bits per heavy atom. The first-order valence-corrected chi connectivity index (χ1v) is 6.99. The second-order valence-electron chi connectivity index (χ2n) is 4.46. The number of ether oxygens (including phenoxy) is 1. The Morgan fingerprint density at radius 2 is 2.25 bits per heavy atom. The maximum absolute atomic E-state index is 11.4. The van der Waals surface area contributed by atoms with E-state index in [-0.39, 0.29) is 23.4 Å². The van der Waals surface area contributed by atoms with Crippen molar-refractivity contribution in [3.05, 3.63) is 0 Å². The average Bonchev–Trinajstić information content (AvgIpc) is 2.19. The predicted molar refractivity (Wildman–Crippen MR) is 63.8 cm³/mol. The Morgan fingerprint density at radius 1 is 1.62 bits per heavy atom. The van der Waals surface area contributed by atoms with Gasteiger partial charge >= 0.3 is 0 Å². The Hall–Kier alpha value is -0.460. The van der Waals surface area contributed by atoms with Crippen LogP contribution in [0.2, 0.25) is 0 Å². The van der Waals surface area contributed by atoms with Crippen molar-refractivity contribution in [1.82, 2.24) is 10.6 Å². The van der Waals surface area contributed by atoms with E-state index in [0.717, 1.165) is 13.1 Å². The fraction of sp³-hybridized carbons (Fsp3) is 0.900. The van der Waals surface area contributed by atoms with Crippen LogP contribution in [-0.2, 0) is 20.3 Å². The van der Waals surface area contributed by atoms with Crippen molar-refractivity contribution >= 4 is 16.7 Å². The number of carbonyl (C=O) groups is 1. The summed E-state index contributed by atoms with van der Waals surface area (Å²) in [7, 11) is -0.904. The van der Waals surface area contributed by atoms with Gasteiger partial charge < -0.3 is 15.4 Å². The predicted octanol–water partition coefficient (Wildman–Crippen LogP) is -0.752. The van der Waals surface area contributed by atoms with Gasteiger partial charge in [-0.1, -0.05) is 0 Å².